The third kappa shape index (κ3) is 8.51. The van der Waals surface area contributed by atoms with Crippen LogP contribution in [0.1, 0.15) is 5.56 Å². The zero-order valence-corrected chi connectivity index (χ0v) is 10.5. The number of aromatic hydroxyl groups is 1. The number of phenols is 1. The summed E-state index contributed by atoms with van der Waals surface area (Å²) in [7, 11) is -3.67. The number of nitrogens with zero attached hydrogens (tertiary/aromatic N) is 1. The standard InChI is InChI=1S/C8H7NO5.CH4O3S/c10-7-2-1-5(4-8(11)12)3-6(7)9(13)14;1-5(2,3)4/h1-3,10H,4H2,(H,11,12);1H3,(H,2,3,4). The zero-order valence-electron chi connectivity index (χ0n) is 9.68. The summed E-state index contributed by atoms with van der Waals surface area (Å²) in [6.45, 7) is 0. The number of nitro groups is 1. The normalized spacial score (nSPS) is 10.2. The highest BCUT2D eigenvalue weighted by Crippen LogP contribution is 2.26. The molecule has 0 radical (unpaired) electrons. The first-order valence-corrected chi connectivity index (χ1v) is 6.46. The van der Waals surface area contributed by atoms with E-state index in [9.17, 15) is 23.3 Å². The summed E-state index contributed by atoms with van der Waals surface area (Å²) in [4.78, 5) is 19.9. The van der Waals surface area contributed by atoms with Gasteiger partial charge in [-0.1, -0.05) is 6.07 Å². The summed E-state index contributed by atoms with van der Waals surface area (Å²) in [6, 6.07) is 3.48. The molecular weight excluding hydrogens is 282 g/mol. The van der Waals surface area contributed by atoms with Gasteiger partial charge in [-0.3, -0.25) is 19.5 Å². The highest BCUT2D eigenvalue weighted by Gasteiger charge is 2.14. The molecule has 0 aliphatic rings. The fourth-order valence-electron chi connectivity index (χ4n) is 1.000. The molecule has 1 aromatic carbocycles. The van der Waals surface area contributed by atoms with Gasteiger partial charge < -0.3 is 10.2 Å². The van der Waals surface area contributed by atoms with Crippen molar-refractivity contribution < 1.29 is 32.9 Å². The highest BCUT2D eigenvalue weighted by atomic mass is 32.2. The molecule has 0 saturated carbocycles. The van der Waals surface area contributed by atoms with Crippen LogP contribution in [0.4, 0.5) is 5.69 Å². The number of hydrogen-bond donors (Lipinski definition) is 3. The molecule has 1 rings (SSSR count). The van der Waals surface area contributed by atoms with Gasteiger partial charge in [-0.25, -0.2) is 0 Å². The predicted molar refractivity (Wildman–Crippen MR) is 63.6 cm³/mol. The van der Waals surface area contributed by atoms with Crippen molar-refractivity contribution in [2.75, 3.05) is 6.26 Å². The second kappa shape index (κ2) is 6.66. The van der Waals surface area contributed by atoms with Gasteiger partial charge in [0.1, 0.15) is 0 Å². The number of aliphatic carboxylic acids is 1. The van der Waals surface area contributed by atoms with Crippen LogP contribution in [-0.2, 0) is 21.3 Å². The van der Waals surface area contributed by atoms with Gasteiger partial charge in [-0.2, -0.15) is 8.42 Å². The quantitative estimate of drug-likeness (QED) is 0.411. The van der Waals surface area contributed by atoms with Crippen LogP contribution in [0.25, 0.3) is 0 Å². The zero-order chi connectivity index (χ0) is 15.2. The van der Waals surface area contributed by atoms with Crippen LogP contribution in [0.15, 0.2) is 18.2 Å². The van der Waals surface area contributed by atoms with E-state index < -0.39 is 32.4 Å². The number of hydrogen-bond acceptors (Lipinski definition) is 6. The lowest BCUT2D eigenvalue weighted by molar-refractivity contribution is -0.385. The smallest absolute Gasteiger partial charge is 0.310 e. The third-order valence-electron chi connectivity index (χ3n) is 1.59. The Morgan fingerprint density at radius 3 is 2.26 bits per heavy atom. The lowest BCUT2D eigenvalue weighted by atomic mass is 10.1. The summed E-state index contributed by atoms with van der Waals surface area (Å²) in [5, 5.41) is 27.8. The Kier molecular flexibility index (Phi) is 5.89. The van der Waals surface area contributed by atoms with E-state index in [4.69, 9.17) is 14.8 Å². The van der Waals surface area contributed by atoms with Crippen molar-refractivity contribution in [2.24, 2.45) is 0 Å². The van der Waals surface area contributed by atoms with Crippen LogP contribution in [-0.4, -0.2) is 40.3 Å². The van der Waals surface area contributed by atoms with E-state index in [1.165, 1.54) is 6.07 Å². The summed E-state index contributed by atoms with van der Waals surface area (Å²) in [6.07, 6.45) is 0.411. The number of carbonyl (C=O) groups is 1. The van der Waals surface area contributed by atoms with Crippen molar-refractivity contribution in [1.29, 1.82) is 0 Å². The van der Waals surface area contributed by atoms with Crippen LogP contribution in [0.2, 0.25) is 0 Å². The van der Waals surface area contributed by atoms with Gasteiger partial charge in [0.2, 0.25) is 0 Å². The minimum Gasteiger partial charge on any atom is -0.502 e. The van der Waals surface area contributed by atoms with Gasteiger partial charge >= 0.3 is 11.7 Å². The second-order valence-corrected chi connectivity index (χ2v) is 4.85. The van der Waals surface area contributed by atoms with Crippen LogP contribution >= 0.6 is 0 Å². The Morgan fingerprint density at radius 1 is 1.42 bits per heavy atom. The molecule has 0 atom stereocenters. The van der Waals surface area contributed by atoms with Crippen molar-refractivity contribution >= 4 is 21.8 Å². The molecule has 0 heterocycles. The fraction of sp³-hybridized carbons (Fsp3) is 0.222. The first-order valence-electron chi connectivity index (χ1n) is 4.61. The summed E-state index contributed by atoms with van der Waals surface area (Å²) < 4.78 is 25.9. The average Bonchev–Trinajstić information content (AvgIpc) is 2.17. The molecule has 0 aliphatic heterocycles. The van der Waals surface area contributed by atoms with E-state index >= 15 is 0 Å². The number of rotatable bonds is 3. The monoisotopic (exact) mass is 293 g/mol. The molecule has 0 fully saturated rings. The molecule has 3 N–H and O–H groups in total. The number of phenolic OH excluding ortho intramolecular Hbond substituents is 1. The average molecular weight is 293 g/mol. The molecule has 19 heavy (non-hydrogen) atoms. The lowest BCUT2D eigenvalue weighted by Crippen LogP contribution is -2.00. The largest absolute Gasteiger partial charge is 0.502 e. The molecule has 106 valence electrons. The summed E-state index contributed by atoms with van der Waals surface area (Å²) in [5.41, 5.74) is -0.203. The van der Waals surface area contributed by atoms with Crippen molar-refractivity contribution in [3.05, 3.63) is 33.9 Å². The van der Waals surface area contributed by atoms with Crippen LogP contribution < -0.4 is 0 Å². The van der Waals surface area contributed by atoms with Gasteiger partial charge in [0.25, 0.3) is 10.1 Å². The van der Waals surface area contributed by atoms with Crippen molar-refractivity contribution in [3.8, 4) is 5.75 Å². The second-order valence-electron chi connectivity index (χ2n) is 3.38. The SMILES string of the molecule is CS(=O)(=O)O.O=C(O)Cc1ccc(O)c([N+](=O)[O-])c1. The molecule has 0 unspecified atom stereocenters. The summed E-state index contributed by atoms with van der Waals surface area (Å²) in [5.74, 6) is -1.55. The molecule has 0 aliphatic carbocycles. The van der Waals surface area contributed by atoms with Crippen LogP contribution in [0.5, 0.6) is 5.75 Å². The van der Waals surface area contributed by atoms with Crippen LogP contribution in [0.3, 0.4) is 0 Å². The van der Waals surface area contributed by atoms with E-state index in [2.05, 4.69) is 0 Å². The third-order valence-corrected chi connectivity index (χ3v) is 1.59. The van der Waals surface area contributed by atoms with Crippen LogP contribution in [0, 0.1) is 10.1 Å². The predicted octanol–water partition coefficient (Wildman–Crippen LogP) is 0.432. The molecule has 0 amide bonds. The molecule has 9 nitrogen and oxygen atoms in total. The first kappa shape index (κ1) is 16.8. The first-order chi connectivity index (χ1) is 8.50. The maximum Gasteiger partial charge on any atom is 0.310 e. The Labute approximate surface area is 108 Å². The van der Waals surface area contributed by atoms with Gasteiger partial charge in [0, 0.05) is 6.07 Å². The fourth-order valence-corrected chi connectivity index (χ4v) is 1.000. The van der Waals surface area contributed by atoms with E-state index in [-0.39, 0.29) is 12.0 Å². The Balaban J connectivity index is 0.000000555. The molecule has 1 aromatic rings. The van der Waals surface area contributed by atoms with Gasteiger partial charge in [-0.05, 0) is 11.6 Å². The highest BCUT2D eigenvalue weighted by molar-refractivity contribution is 7.85. The molecular formula is C9H11NO8S. The van der Waals surface area contributed by atoms with E-state index in [1.54, 1.807) is 0 Å². The molecule has 0 saturated heterocycles. The topological polar surface area (TPSA) is 155 Å². The maximum absolute atomic E-state index is 10.4. The van der Waals surface area contributed by atoms with Crippen molar-refractivity contribution in [2.45, 2.75) is 6.42 Å². The molecule has 0 spiro atoms. The Bertz CT molecular complexity index is 572. The van der Waals surface area contributed by atoms with Gasteiger partial charge in [0.05, 0.1) is 17.6 Å². The maximum atomic E-state index is 10.4. The van der Waals surface area contributed by atoms with E-state index in [0.717, 1.165) is 12.1 Å². The van der Waals surface area contributed by atoms with Gasteiger partial charge in [0.15, 0.2) is 5.75 Å². The minimum atomic E-state index is -3.67. The van der Waals surface area contributed by atoms with Crippen molar-refractivity contribution in [3.63, 3.8) is 0 Å². The Morgan fingerprint density at radius 2 is 1.89 bits per heavy atom. The summed E-state index contributed by atoms with van der Waals surface area (Å²) >= 11 is 0. The molecule has 10 heteroatoms. The number of carboxylic acids is 1. The lowest BCUT2D eigenvalue weighted by Gasteiger charge is -1.98. The van der Waals surface area contributed by atoms with E-state index in [0.29, 0.717) is 6.26 Å². The number of nitro benzene ring substituents is 1. The van der Waals surface area contributed by atoms with E-state index in [1.807, 2.05) is 0 Å². The molecule has 0 bridgehead atoms. The minimum absolute atomic E-state index is 0.280. The molecule has 0 aromatic heterocycles. The number of benzene rings is 1. The van der Waals surface area contributed by atoms with Gasteiger partial charge in [-0.15, -0.1) is 0 Å². The number of carboxylic acid groups (broad SMARTS) is 1. The Hall–Kier alpha value is -2.20. The van der Waals surface area contributed by atoms with Crippen molar-refractivity contribution in [1.82, 2.24) is 0 Å².